The Morgan fingerprint density at radius 2 is 1.89 bits per heavy atom. The van der Waals surface area contributed by atoms with E-state index in [1.807, 2.05) is 31.2 Å². The fourth-order valence-corrected chi connectivity index (χ4v) is 1.42. The van der Waals surface area contributed by atoms with E-state index >= 15 is 0 Å². The molecule has 0 spiro atoms. The third-order valence-corrected chi connectivity index (χ3v) is 2.53. The van der Waals surface area contributed by atoms with Crippen molar-refractivity contribution < 1.29 is 14.7 Å². The second-order valence-electron chi connectivity index (χ2n) is 4.22. The second kappa shape index (κ2) is 6.64. The number of amides is 2. The molecule has 1 aromatic carbocycles. The van der Waals surface area contributed by atoms with Gasteiger partial charge in [0, 0.05) is 25.7 Å². The molecule has 2 amide bonds. The van der Waals surface area contributed by atoms with E-state index < -0.39 is 5.97 Å². The third kappa shape index (κ3) is 4.86. The van der Waals surface area contributed by atoms with Gasteiger partial charge in [-0.2, -0.15) is 0 Å². The van der Waals surface area contributed by atoms with Crippen LogP contribution in [0.1, 0.15) is 18.4 Å². The molecule has 0 aromatic heterocycles. The summed E-state index contributed by atoms with van der Waals surface area (Å²) in [6, 6.07) is 7.26. The lowest BCUT2D eigenvalue weighted by Gasteiger charge is -2.17. The SMILES string of the molecule is Cc1ccc(NC(=O)N(C)CCCC(=O)O)cc1. The number of carbonyl (C=O) groups excluding carboxylic acids is 1. The highest BCUT2D eigenvalue weighted by atomic mass is 16.4. The van der Waals surface area contributed by atoms with E-state index in [9.17, 15) is 9.59 Å². The fourth-order valence-electron chi connectivity index (χ4n) is 1.42. The molecular weight excluding hydrogens is 232 g/mol. The Labute approximate surface area is 106 Å². The lowest BCUT2D eigenvalue weighted by Crippen LogP contribution is -2.32. The number of hydrogen-bond acceptors (Lipinski definition) is 2. The number of nitrogens with zero attached hydrogens (tertiary/aromatic N) is 1. The maximum Gasteiger partial charge on any atom is 0.321 e. The molecule has 1 aromatic rings. The first-order chi connectivity index (χ1) is 8.49. The maximum absolute atomic E-state index is 11.7. The Morgan fingerprint density at radius 3 is 2.44 bits per heavy atom. The average molecular weight is 250 g/mol. The van der Waals surface area contributed by atoms with Gasteiger partial charge in [-0.25, -0.2) is 4.79 Å². The van der Waals surface area contributed by atoms with E-state index in [2.05, 4.69) is 5.32 Å². The minimum atomic E-state index is -0.845. The predicted molar refractivity (Wildman–Crippen MR) is 69.7 cm³/mol. The molecule has 2 N–H and O–H groups in total. The lowest BCUT2D eigenvalue weighted by atomic mass is 10.2. The van der Waals surface area contributed by atoms with Crippen LogP contribution < -0.4 is 5.32 Å². The van der Waals surface area contributed by atoms with Gasteiger partial charge in [0.15, 0.2) is 0 Å². The summed E-state index contributed by atoms with van der Waals surface area (Å²) in [5.74, 6) is -0.845. The van der Waals surface area contributed by atoms with Crippen molar-refractivity contribution in [2.45, 2.75) is 19.8 Å². The van der Waals surface area contributed by atoms with E-state index in [4.69, 9.17) is 5.11 Å². The first-order valence-electron chi connectivity index (χ1n) is 5.79. The zero-order valence-electron chi connectivity index (χ0n) is 10.6. The van der Waals surface area contributed by atoms with Crippen LogP contribution in [0.15, 0.2) is 24.3 Å². The van der Waals surface area contributed by atoms with E-state index in [0.29, 0.717) is 13.0 Å². The Balaban J connectivity index is 2.39. The quantitative estimate of drug-likeness (QED) is 0.842. The molecule has 5 nitrogen and oxygen atoms in total. The molecule has 0 bridgehead atoms. The van der Waals surface area contributed by atoms with Gasteiger partial charge in [-0.1, -0.05) is 17.7 Å². The highest BCUT2D eigenvalue weighted by Gasteiger charge is 2.08. The van der Waals surface area contributed by atoms with E-state index in [0.717, 1.165) is 11.3 Å². The molecule has 0 aliphatic carbocycles. The van der Waals surface area contributed by atoms with Crippen molar-refractivity contribution in [3.8, 4) is 0 Å². The van der Waals surface area contributed by atoms with Gasteiger partial charge in [0.25, 0.3) is 0 Å². The summed E-state index contributed by atoms with van der Waals surface area (Å²) < 4.78 is 0. The second-order valence-corrected chi connectivity index (χ2v) is 4.22. The smallest absolute Gasteiger partial charge is 0.321 e. The van der Waals surface area contributed by atoms with Crippen LogP contribution in [0.2, 0.25) is 0 Å². The van der Waals surface area contributed by atoms with Crippen LogP contribution in [0.5, 0.6) is 0 Å². The molecule has 5 heteroatoms. The summed E-state index contributed by atoms with van der Waals surface area (Å²) in [6.45, 7) is 2.40. The molecule has 0 aliphatic rings. The van der Waals surface area contributed by atoms with E-state index in [1.54, 1.807) is 7.05 Å². The first-order valence-corrected chi connectivity index (χ1v) is 5.79. The number of carbonyl (C=O) groups is 2. The average Bonchev–Trinajstić information content (AvgIpc) is 2.31. The molecule has 0 radical (unpaired) electrons. The summed E-state index contributed by atoms with van der Waals surface area (Å²) >= 11 is 0. The number of anilines is 1. The molecule has 1 rings (SSSR count). The first kappa shape index (κ1) is 14.0. The standard InChI is InChI=1S/C13H18N2O3/c1-10-5-7-11(8-6-10)14-13(18)15(2)9-3-4-12(16)17/h5-8H,3-4,9H2,1-2H3,(H,14,18)(H,16,17). The number of hydrogen-bond donors (Lipinski definition) is 2. The summed E-state index contributed by atoms with van der Waals surface area (Å²) in [6.07, 6.45) is 0.523. The monoisotopic (exact) mass is 250 g/mol. The van der Waals surface area contributed by atoms with Crippen molar-refractivity contribution in [3.63, 3.8) is 0 Å². The van der Waals surface area contributed by atoms with Crippen LogP contribution in [-0.2, 0) is 4.79 Å². The highest BCUT2D eigenvalue weighted by Crippen LogP contribution is 2.09. The largest absolute Gasteiger partial charge is 0.481 e. The zero-order chi connectivity index (χ0) is 13.5. The molecule has 0 fully saturated rings. The number of aliphatic carboxylic acids is 1. The number of urea groups is 1. The van der Waals surface area contributed by atoms with Gasteiger partial charge in [0.2, 0.25) is 0 Å². The topological polar surface area (TPSA) is 69.6 Å². The third-order valence-electron chi connectivity index (χ3n) is 2.53. The Morgan fingerprint density at radius 1 is 1.28 bits per heavy atom. The van der Waals surface area contributed by atoms with Crippen LogP contribution in [0.4, 0.5) is 10.5 Å². The number of aryl methyl sites for hydroxylation is 1. The molecule has 0 heterocycles. The highest BCUT2D eigenvalue weighted by molar-refractivity contribution is 5.89. The van der Waals surface area contributed by atoms with Crippen molar-refractivity contribution in [3.05, 3.63) is 29.8 Å². The van der Waals surface area contributed by atoms with Crippen molar-refractivity contribution in [2.75, 3.05) is 18.9 Å². The molecule has 0 unspecified atom stereocenters. The Hall–Kier alpha value is -2.04. The van der Waals surface area contributed by atoms with Gasteiger partial charge in [-0.3, -0.25) is 4.79 Å². The van der Waals surface area contributed by atoms with Gasteiger partial charge in [0.05, 0.1) is 0 Å². The summed E-state index contributed by atoms with van der Waals surface area (Å²) in [7, 11) is 1.64. The van der Waals surface area contributed by atoms with Crippen LogP contribution in [0.3, 0.4) is 0 Å². The zero-order valence-corrected chi connectivity index (χ0v) is 10.6. The van der Waals surface area contributed by atoms with Crippen molar-refractivity contribution in [2.24, 2.45) is 0 Å². The summed E-state index contributed by atoms with van der Waals surface area (Å²) in [5, 5.41) is 11.3. The van der Waals surface area contributed by atoms with Gasteiger partial charge in [-0.15, -0.1) is 0 Å². The summed E-state index contributed by atoms with van der Waals surface area (Å²) in [5.41, 5.74) is 1.86. The van der Waals surface area contributed by atoms with Gasteiger partial charge in [0.1, 0.15) is 0 Å². The fraction of sp³-hybridized carbons (Fsp3) is 0.385. The van der Waals surface area contributed by atoms with Crippen LogP contribution in [-0.4, -0.2) is 35.6 Å². The number of benzene rings is 1. The minimum absolute atomic E-state index is 0.0716. The van der Waals surface area contributed by atoms with Gasteiger partial charge >= 0.3 is 12.0 Å². The van der Waals surface area contributed by atoms with Crippen LogP contribution in [0, 0.1) is 6.92 Å². The number of carboxylic acids is 1. The minimum Gasteiger partial charge on any atom is -0.481 e. The van der Waals surface area contributed by atoms with Crippen LogP contribution >= 0.6 is 0 Å². The molecule has 0 saturated heterocycles. The molecular formula is C13H18N2O3. The van der Waals surface area contributed by atoms with Crippen molar-refractivity contribution >= 4 is 17.7 Å². The lowest BCUT2D eigenvalue weighted by molar-refractivity contribution is -0.137. The molecule has 0 saturated carbocycles. The number of nitrogens with one attached hydrogen (secondary N) is 1. The van der Waals surface area contributed by atoms with Crippen molar-refractivity contribution in [1.82, 2.24) is 4.90 Å². The molecule has 98 valence electrons. The Kier molecular flexibility index (Phi) is 5.17. The molecule has 18 heavy (non-hydrogen) atoms. The number of rotatable bonds is 5. The van der Waals surface area contributed by atoms with E-state index in [-0.39, 0.29) is 12.5 Å². The summed E-state index contributed by atoms with van der Waals surface area (Å²) in [4.78, 5) is 23.6. The normalized spacial score (nSPS) is 9.89. The van der Waals surface area contributed by atoms with Gasteiger partial charge < -0.3 is 15.3 Å². The predicted octanol–water partition coefficient (Wildman–Crippen LogP) is 2.32. The van der Waals surface area contributed by atoms with E-state index in [1.165, 1.54) is 4.90 Å². The van der Waals surface area contributed by atoms with Crippen LogP contribution in [0.25, 0.3) is 0 Å². The molecule has 0 aliphatic heterocycles. The van der Waals surface area contributed by atoms with Gasteiger partial charge in [-0.05, 0) is 25.5 Å². The Bertz CT molecular complexity index is 415. The maximum atomic E-state index is 11.7. The molecule has 0 atom stereocenters. The number of carboxylic acid groups (broad SMARTS) is 1. The van der Waals surface area contributed by atoms with Crippen molar-refractivity contribution in [1.29, 1.82) is 0 Å².